The Morgan fingerprint density at radius 2 is 2.00 bits per heavy atom. The molecule has 0 amide bonds. The fraction of sp³-hybridized carbons (Fsp3) is 0.400. The second-order valence-corrected chi connectivity index (χ2v) is 5.72. The molecule has 0 saturated heterocycles. The van der Waals surface area contributed by atoms with Crippen LogP contribution in [0.25, 0.3) is 0 Å². The van der Waals surface area contributed by atoms with Gasteiger partial charge in [0.2, 0.25) is 0 Å². The Hall–Kier alpha value is -1.13. The predicted octanol–water partition coefficient (Wildman–Crippen LogP) is 3.38. The van der Waals surface area contributed by atoms with Crippen molar-refractivity contribution in [2.45, 2.75) is 25.8 Å². The van der Waals surface area contributed by atoms with Crippen LogP contribution in [0.2, 0.25) is 0 Å². The lowest BCUT2D eigenvalue weighted by molar-refractivity contribution is 0.504. The smallest absolute Gasteiger partial charge is 0.0692 e. The summed E-state index contributed by atoms with van der Waals surface area (Å²) in [6.45, 7) is 2.12. The number of aryl methyl sites for hydroxylation is 3. The Kier molecular flexibility index (Phi) is 4.77. The minimum Gasteiger partial charge on any atom is -0.312 e. The lowest BCUT2D eigenvalue weighted by Gasteiger charge is -2.17. The van der Waals surface area contributed by atoms with Crippen molar-refractivity contribution in [1.29, 1.82) is 0 Å². The summed E-state index contributed by atoms with van der Waals surface area (Å²) in [5.41, 5.74) is 3.89. The molecule has 3 nitrogen and oxygen atoms in total. The Labute approximate surface area is 123 Å². The summed E-state index contributed by atoms with van der Waals surface area (Å²) >= 11 is 3.57. The van der Waals surface area contributed by atoms with Crippen molar-refractivity contribution in [2.75, 3.05) is 7.05 Å². The minimum atomic E-state index is 0.308. The average molecular weight is 322 g/mol. The molecule has 1 heterocycles. The number of hydrogen-bond donors (Lipinski definition) is 1. The van der Waals surface area contributed by atoms with Gasteiger partial charge in [-0.25, -0.2) is 0 Å². The summed E-state index contributed by atoms with van der Waals surface area (Å²) < 4.78 is 3.00. The topological polar surface area (TPSA) is 29.9 Å². The van der Waals surface area contributed by atoms with Crippen LogP contribution in [0.5, 0.6) is 0 Å². The summed E-state index contributed by atoms with van der Waals surface area (Å²) in [5, 5.41) is 7.66. The number of aromatic nitrogens is 2. The number of nitrogens with zero attached hydrogens (tertiary/aromatic N) is 2. The van der Waals surface area contributed by atoms with E-state index in [9.17, 15) is 0 Å². The van der Waals surface area contributed by atoms with Gasteiger partial charge in [0.05, 0.1) is 22.4 Å². The zero-order chi connectivity index (χ0) is 13.8. The highest BCUT2D eigenvalue weighted by molar-refractivity contribution is 9.10. The Morgan fingerprint density at radius 1 is 1.32 bits per heavy atom. The van der Waals surface area contributed by atoms with Gasteiger partial charge in [-0.1, -0.05) is 29.8 Å². The first-order valence-electron chi connectivity index (χ1n) is 6.52. The molecule has 0 saturated carbocycles. The first-order chi connectivity index (χ1) is 9.11. The van der Waals surface area contributed by atoms with Crippen molar-refractivity contribution >= 4 is 15.9 Å². The van der Waals surface area contributed by atoms with E-state index in [2.05, 4.69) is 57.5 Å². The molecule has 0 bridgehead atoms. The van der Waals surface area contributed by atoms with Gasteiger partial charge in [0.25, 0.3) is 0 Å². The largest absolute Gasteiger partial charge is 0.312 e. The highest BCUT2D eigenvalue weighted by atomic mass is 79.9. The van der Waals surface area contributed by atoms with E-state index in [1.807, 2.05) is 25.0 Å². The molecule has 1 aromatic heterocycles. The molecule has 0 fully saturated rings. The Balaban J connectivity index is 2.06. The normalized spacial score (nSPS) is 12.6. The molecule has 1 N–H and O–H groups in total. The van der Waals surface area contributed by atoms with Crippen molar-refractivity contribution in [3.05, 3.63) is 51.8 Å². The first-order valence-corrected chi connectivity index (χ1v) is 7.31. The number of rotatable bonds is 5. The van der Waals surface area contributed by atoms with Crippen molar-refractivity contribution in [1.82, 2.24) is 15.1 Å². The molecule has 0 aliphatic rings. The minimum absolute atomic E-state index is 0.308. The fourth-order valence-corrected chi connectivity index (χ4v) is 2.92. The number of benzene rings is 1. The summed E-state index contributed by atoms with van der Waals surface area (Å²) in [6, 6.07) is 9.07. The molecule has 0 aliphatic heterocycles. The maximum Gasteiger partial charge on any atom is 0.0692 e. The predicted molar refractivity (Wildman–Crippen MR) is 82.2 cm³/mol. The first kappa shape index (κ1) is 14.3. The second-order valence-electron chi connectivity index (χ2n) is 4.87. The zero-order valence-corrected chi connectivity index (χ0v) is 13.2. The van der Waals surface area contributed by atoms with Crippen LogP contribution in [-0.4, -0.2) is 16.8 Å². The molecule has 19 heavy (non-hydrogen) atoms. The van der Waals surface area contributed by atoms with Crippen molar-refractivity contribution < 1.29 is 0 Å². The molecule has 2 rings (SSSR count). The fourth-order valence-electron chi connectivity index (χ4n) is 2.30. The van der Waals surface area contributed by atoms with Crippen molar-refractivity contribution in [3.63, 3.8) is 0 Å². The van der Waals surface area contributed by atoms with Crippen LogP contribution in [0, 0.1) is 6.92 Å². The van der Waals surface area contributed by atoms with Gasteiger partial charge in [-0.15, -0.1) is 0 Å². The van der Waals surface area contributed by atoms with Crippen LogP contribution >= 0.6 is 15.9 Å². The third kappa shape index (κ3) is 3.45. The molecule has 0 spiro atoms. The molecular weight excluding hydrogens is 302 g/mol. The molecule has 0 aliphatic carbocycles. The Bertz CT molecular complexity index is 511. The molecule has 1 unspecified atom stereocenters. The van der Waals surface area contributed by atoms with Gasteiger partial charge >= 0.3 is 0 Å². The van der Waals surface area contributed by atoms with E-state index in [0.29, 0.717) is 6.04 Å². The van der Waals surface area contributed by atoms with Gasteiger partial charge in [0.1, 0.15) is 0 Å². The molecule has 4 heteroatoms. The second kappa shape index (κ2) is 6.35. The average Bonchev–Trinajstić information content (AvgIpc) is 2.73. The lowest BCUT2D eigenvalue weighted by atomic mass is 10.0. The number of halogens is 1. The summed E-state index contributed by atoms with van der Waals surface area (Å²) in [7, 11) is 3.98. The molecular formula is C15H20BrN3. The van der Waals surface area contributed by atoms with Crippen LogP contribution < -0.4 is 5.32 Å². The van der Waals surface area contributed by atoms with Crippen molar-refractivity contribution in [3.8, 4) is 0 Å². The number of hydrogen-bond acceptors (Lipinski definition) is 2. The van der Waals surface area contributed by atoms with Gasteiger partial charge in [-0.3, -0.25) is 4.68 Å². The quantitative estimate of drug-likeness (QED) is 0.914. The maximum absolute atomic E-state index is 4.28. The van der Waals surface area contributed by atoms with E-state index in [0.717, 1.165) is 17.3 Å². The molecule has 102 valence electrons. The Morgan fingerprint density at radius 3 is 2.53 bits per heavy atom. The molecule has 0 radical (unpaired) electrons. The standard InChI is InChI=1S/C15H20BrN3/c1-11-4-6-12(7-5-11)8-9-14(17-2)15-13(16)10-18-19(15)3/h4-7,10,14,17H,8-9H2,1-3H3. The van der Waals surface area contributed by atoms with E-state index in [1.54, 1.807) is 0 Å². The third-order valence-electron chi connectivity index (χ3n) is 3.46. The maximum atomic E-state index is 4.28. The van der Waals surface area contributed by atoms with Gasteiger partial charge < -0.3 is 5.32 Å². The monoisotopic (exact) mass is 321 g/mol. The zero-order valence-electron chi connectivity index (χ0n) is 11.7. The number of nitrogens with one attached hydrogen (secondary N) is 1. The van der Waals surface area contributed by atoms with Crippen LogP contribution in [-0.2, 0) is 13.5 Å². The highest BCUT2D eigenvalue weighted by Gasteiger charge is 2.16. The molecule has 2 aromatic rings. The van der Waals surface area contributed by atoms with Gasteiger partial charge in [-0.05, 0) is 48.3 Å². The molecule has 1 aromatic carbocycles. The van der Waals surface area contributed by atoms with Gasteiger partial charge in [-0.2, -0.15) is 5.10 Å². The van der Waals surface area contributed by atoms with Gasteiger partial charge in [0.15, 0.2) is 0 Å². The van der Waals surface area contributed by atoms with E-state index >= 15 is 0 Å². The van der Waals surface area contributed by atoms with Crippen LogP contribution in [0.1, 0.15) is 29.3 Å². The van der Waals surface area contributed by atoms with Crippen LogP contribution in [0.3, 0.4) is 0 Å². The van der Waals surface area contributed by atoms with Gasteiger partial charge in [0, 0.05) is 7.05 Å². The third-order valence-corrected chi connectivity index (χ3v) is 4.07. The SMILES string of the molecule is CNC(CCc1ccc(C)cc1)c1c(Br)cnn1C. The lowest BCUT2D eigenvalue weighted by Crippen LogP contribution is -2.20. The van der Waals surface area contributed by atoms with Crippen molar-refractivity contribution in [2.24, 2.45) is 7.05 Å². The van der Waals surface area contributed by atoms with Crippen LogP contribution in [0.4, 0.5) is 0 Å². The van der Waals surface area contributed by atoms with E-state index in [1.165, 1.54) is 16.8 Å². The van der Waals surface area contributed by atoms with Crippen LogP contribution in [0.15, 0.2) is 34.9 Å². The summed E-state index contributed by atoms with van der Waals surface area (Å²) in [4.78, 5) is 0. The van der Waals surface area contributed by atoms with E-state index in [-0.39, 0.29) is 0 Å². The van der Waals surface area contributed by atoms with E-state index in [4.69, 9.17) is 0 Å². The summed E-state index contributed by atoms with van der Waals surface area (Å²) in [5.74, 6) is 0. The highest BCUT2D eigenvalue weighted by Crippen LogP contribution is 2.25. The molecule has 1 atom stereocenters. The summed E-state index contributed by atoms with van der Waals surface area (Å²) in [6.07, 6.45) is 3.96. The van der Waals surface area contributed by atoms with E-state index < -0.39 is 0 Å².